The number of nitrogens with one attached hydrogen (secondary N) is 2. The van der Waals surface area contributed by atoms with Gasteiger partial charge in [0.25, 0.3) is 0 Å². The summed E-state index contributed by atoms with van der Waals surface area (Å²) in [6, 6.07) is -0.633. The van der Waals surface area contributed by atoms with Crippen LogP contribution in [0.5, 0.6) is 0 Å². The van der Waals surface area contributed by atoms with E-state index in [1.54, 1.807) is 7.05 Å². The fraction of sp³-hybridized carbons (Fsp3) is 0.800. The molecule has 0 aromatic carbocycles. The summed E-state index contributed by atoms with van der Waals surface area (Å²) in [5.74, 6) is 0.727. The van der Waals surface area contributed by atoms with Crippen molar-refractivity contribution in [3.8, 4) is 0 Å². The highest BCUT2D eigenvalue weighted by atomic mass is 16.5. The van der Waals surface area contributed by atoms with Crippen molar-refractivity contribution in [1.82, 2.24) is 15.5 Å². The molecule has 2 N–H and O–H groups in total. The molecule has 2 amide bonds. The topological polar surface area (TPSA) is 83.0 Å². The Bertz CT molecular complexity index is 423. The zero-order valence-corrected chi connectivity index (χ0v) is 14.2. The van der Waals surface area contributed by atoms with Gasteiger partial charge in [0.05, 0.1) is 13.2 Å². The molecule has 22 heavy (non-hydrogen) atoms. The van der Waals surface area contributed by atoms with Crippen LogP contribution in [0.2, 0.25) is 0 Å². The molecule has 1 rings (SSSR count). The van der Waals surface area contributed by atoms with E-state index in [1.807, 2.05) is 25.7 Å². The summed E-state index contributed by atoms with van der Waals surface area (Å²) in [7, 11) is 3.02. The quantitative estimate of drug-likeness (QED) is 0.586. The van der Waals surface area contributed by atoms with Crippen LogP contribution in [-0.4, -0.2) is 62.1 Å². The van der Waals surface area contributed by atoms with Gasteiger partial charge >= 0.3 is 6.09 Å². The number of carbonyl (C=O) groups excluding carboxylic acids is 2. The summed E-state index contributed by atoms with van der Waals surface area (Å²) in [5, 5.41) is 5.86. The molecule has 1 fully saturated rings. The summed E-state index contributed by atoms with van der Waals surface area (Å²) in [6.45, 7) is 7.26. The lowest BCUT2D eigenvalue weighted by Gasteiger charge is -2.31. The molecule has 1 aliphatic heterocycles. The Morgan fingerprint density at radius 3 is 2.59 bits per heavy atom. The van der Waals surface area contributed by atoms with Gasteiger partial charge in [0, 0.05) is 20.1 Å². The maximum absolute atomic E-state index is 12.8. The first-order chi connectivity index (χ1) is 10.5. The highest BCUT2D eigenvalue weighted by molar-refractivity contribution is 5.94. The molecule has 0 radical (unpaired) electrons. The van der Waals surface area contributed by atoms with Crippen molar-refractivity contribution >= 4 is 17.8 Å². The monoisotopic (exact) mass is 312 g/mol. The summed E-state index contributed by atoms with van der Waals surface area (Å²) in [4.78, 5) is 30.4. The Labute approximate surface area is 132 Å². The lowest BCUT2D eigenvalue weighted by Crippen LogP contribution is -2.55. The number of amidine groups is 1. The van der Waals surface area contributed by atoms with E-state index in [9.17, 15) is 9.59 Å². The summed E-state index contributed by atoms with van der Waals surface area (Å²) < 4.78 is 4.62. The second kappa shape index (κ2) is 8.60. The van der Waals surface area contributed by atoms with Crippen molar-refractivity contribution in [2.24, 2.45) is 10.9 Å². The number of rotatable bonds is 5. The van der Waals surface area contributed by atoms with Crippen molar-refractivity contribution in [3.63, 3.8) is 0 Å². The highest BCUT2D eigenvalue weighted by Crippen LogP contribution is 2.21. The Balaban J connectivity index is 2.89. The van der Waals surface area contributed by atoms with E-state index >= 15 is 0 Å². The van der Waals surface area contributed by atoms with Crippen LogP contribution in [0, 0.1) is 5.92 Å². The van der Waals surface area contributed by atoms with Crippen LogP contribution in [-0.2, 0) is 9.53 Å². The molecule has 0 saturated carbocycles. The SMILES string of the molecule is CCN/C(=N\C)[C@@H]1CCCN1C(=O)[C@@H](NC(=O)OC)C(C)C. The molecule has 0 aromatic rings. The maximum atomic E-state index is 12.8. The van der Waals surface area contributed by atoms with Crippen LogP contribution in [0.1, 0.15) is 33.6 Å². The van der Waals surface area contributed by atoms with Crippen molar-refractivity contribution in [2.45, 2.75) is 45.7 Å². The van der Waals surface area contributed by atoms with E-state index in [4.69, 9.17) is 0 Å². The second-order valence-corrected chi connectivity index (χ2v) is 5.69. The Morgan fingerprint density at radius 1 is 1.41 bits per heavy atom. The smallest absolute Gasteiger partial charge is 0.407 e. The molecule has 7 nitrogen and oxygen atoms in total. The third-order valence-electron chi connectivity index (χ3n) is 3.84. The molecule has 1 aliphatic rings. The predicted octanol–water partition coefficient (Wildman–Crippen LogP) is 0.996. The fourth-order valence-corrected chi connectivity index (χ4v) is 2.72. The van der Waals surface area contributed by atoms with Crippen LogP contribution in [0.15, 0.2) is 4.99 Å². The van der Waals surface area contributed by atoms with Gasteiger partial charge in [-0.2, -0.15) is 0 Å². The van der Waals surface area contributed by atoms with Gasteiger partial charge in [-0.25, -0.2) is 4.79 Å². The molecule has 0 aromatic heterocycles. The predicted molar refractivity (Wildman–Crippen MR) is 85.9 cm³/mol. The highest BCUT2D eigenvalue weighted by Gasteiger charge is 2.37. The lowest BCUT2D eigenvalue weighted by molar-refractivity contribution is -0.134. The Kier molecular flexibility index (Phi) is 7.14. The van der Waals surface area contributed by atoms with Gasteiger partial charge in [0.15, 0.2) is 0 Å². The molecular weight excluding hydrogens is 284 g/mol. The van der Waals surface area contributed by atoms with E-state index in [-0.39, 0.29) is 17.9 Å². The van der Waals surface area contributed by atoms with Crippen molar-refractivity contribution in [3.05, 3.63) is 0 Å². The van der Waals surface area contributed by atoms with Crippen LogP contribution in [0.25, 0.3) is 0 Å². The van der Waals surface area contributed by atoms with Crippen molar-refractivity contribution < 1.29 is 14.3 Å². The average molecular weight is 312 g/mol. The van der Waals surface area contributed by atoms with Gasteiger partial charge < -0.3 is 20.3 Å². The maximum Gasteiger partial charge on any atom is 0.407 e. The summed E-state index contributed by atoms with van der Waals surface area (Å²) in [6.07, 6.45) is 1.23. The van der Waals surface area contributed by atoms with E-state index in [0.717, 1.165) is 25.2 Å². The molecular formula is C15H28N4O3. The third-order valence-corrected chi connectivity index (χ3v) is 3.84. The van der Waals surface area contributed by atoms with Gasteiger partial charge in [-0.3, -0.25) is 9.79 Å². The van der Waals surface area contributed by atoms with Crippen molar-refractivity contribution in [2.75, 3.05) is 27.2 Å². The zero-order chi connectivity index (χ0) is 16.7. The number of alkyl carbamates (subject to hydrolysis) is 1. The van der Waals surface area contributed by atoms with Crippen LogP contribution in [0.3, 0.4) is 0 Å². The minimum atomic E-state index is -0.590. The first kappa shape index (κ1) is 18.3. The minimum absolute atomic E-state index is 0.0194. The molecule has 0 unspecified atom stereocenters. The molecule has 126 valence electrons. The van der Waals surface area contributed by atoms with E-state index < -0.39 is 12.1 Å². The van der Waals surface area contributed by atoms with Gasteiger partial charge in [-0.15, -0.1) is 0 Å². The number of amides is 2. The Morgan fingerprint density at radius 2 is 2.09 bits per heavy atom. The van der Waals surface area contributed by atoms with Gasteiger partial charge in [-0.1, -0.05) is 13.8 Å². The van der Waals surface area contributed by atoms with Crippen LogP contribution < -0.4 is 10.6 Å². The average Bonchev–Trinajstić information content (AvgIpc) is 2.98. The molecule has 0 aliphatic carbocycles. The largest absolute Gasteiger partial charge is 0.453 e. The number of hydrogen-bond donors (Lipinski definition) is 2. The molecule has 1 saturated heterocycles. The fourth-order valence-electron chi connectivity index (χ4n) is 2.72. The number of likely N-dealkylation sites (N-methyl/N-ethyl adjacent to an activating group) is 1. The summed E-state index contributed by atoms with van der Waals surface area (Å²) in [5.41, 5.74) is 0. The van der Waals surface area contributed by atoms with Crippen molar-refractivity contribution in [1.29, 1.82) is 0 Å². The van der Waals surface area contributed by atoms with Gasteiger partial charge in [0.1, 0.15) is 11.9 Å². The standard InChI is InChI=1S/C15H28N4O3/c1-6-17-13(16-4)11-8-7-9-19(11)14(20)12(10(2)3)18-15(21)22-5/h10-12H,6-9H2,1-5H3,(H,16,17)(H,18,21)/t11-,12-/m0/s1. The first-order valence-electron chi connectivity index (χ1n) is 7.81. The van der Waals surface area contributed by atoms with Gasteiger partial charge in [-0.05, 0) is 25.7 Å². The van der Waals surface area contributed by atoms with Crippen LogP contribution >= 0.6 is 0 Å². The number of ether oxygens (including phenoxy) is 1. The van der Waals surface area contributed by atoms with E-state index in [1.165, 1.54) is 7.11 Å². The first-order valence-corrected chi connectivity index (χ1v) is 7.81. The number of nitrogens with zero attached hydrogens (tertiary/aromatic N) is 2. The second-order valence-electron chi connectivity index (χ2n) is 5.69. The molecule has 0 bridgehead atoms. The number of methoxy groups -OCH3 is 1. The number of likely N-dealkylation sites (tertiary alicyclic amines) is 1. The molecule has 1 heterocycles. The summed E-state index contributed by atoms with van der Waals surface area (Å²) >= 11 is 0. The number of carbonyl (C=O) groups is 2. The number of hydrogen-bond acceptors (Lipinski definition) is 4. The van der Waals surface area contributed by atoms with E-state index in [2.05, 4.69) is 20.4 Å². The van der Waals surface area contributed by atoms with Crippen LogP contribution in [0.4, 0.5) is 4.79 Å². The molecule has 0 spiro atoms. The Hall–Kier alpha value is -1.79. The third kappa shape index (κ3) is 4.35. The normalized spacial score (nSPS) is 20.0. The van der Waals surface area contributed by atoms with Gasteiger partial charge in [0.2, 0.25) is 5.91 Å². The van der Waals surface area contributed by atoms with E-state index in [0.29, 0.717) is 6.54 Å². The zero-order valence-electron chi connectivity index (χ0n) is 14.2. The lowest BCUT2D eigenvalue weighted by atomic mass is 10.0. The number of aliphatic imine (C=N–C) groups is 1. The molecule has 7 heteroatoms. The molecule has 2 atom stereocenters. The minimum Gasteiger partial charge on any atom is -0.453 e.